The number of carbonyl (C=O) groups excluding carboxylic acids is 1. The van der Waals surface area contributed by atoms with Crippen LogP contribution in [0.15, 0.2) is 24.3 Å². The summed E-state index contributed by atoms with van der Waals surface area (Å²) in [7, 11) is 0. The van der Waals surface area contributed by atoms with Gasteiger partial charge in [-0.05, 0) is 32.1 Å². The third-order valence-electron chi connectivity index (χ3n) is 21.4. The summed E-state index contributed by atoms with van der Waals surface area (Å²) >= 11 is 0. The molecular formula is C85H163NO13. The summed E-state index contributed by atoms with van der Waals surface area (Å²) < 4.78 is 22.9. The number of aliphatic hydroxyl groups is 8. The lowest BCUT2D eigenvalue weighted by Gasteiger charge is -2.46. The van der Waals surface area contributed by atoms with Crippen LogP contribution in [0.4, 0.5) is 0 Å². The van der Waals surface area contributed by atoms with Crippen LogP contribution in [-0.2, 0) is 23.7 Å². The maximum atomic E-state index is 13.4. The summed E-state index contributed by atoms with van der Waals surface area (Å²) in [5, 5.41) is 87.7. The summed E-state index contributed by atoms with van der Waals surface area (Å²) in [6, 6.07) is -0.931. The number of amides is 1. The predicted molar refractivity (Wildman–Crippen MR) is 411 cm³/mol. The van der Waals surface area contributed by atoms with E-state index in [0.717, 1.165) is 32.1 Å². The highest BCUT2D eigenvalue weighted by Crippen LogP contribution is 2.31. The second-order valence-electron chi connectivity index (χ2n) is 30.7. The number of ether oxygens (including phenoxy) is 4. The molecule has 14 heteroatoms. The average molecular weight is 1410 g/mol. The van der Waals surface area contributed by atoms with Gasteiger partial charge in [0.15, 0.2) is 12.6 Å². The van der Waals surface area contributed by atoms with E-state index in [-0.39, 0.29) is 18.9 Å². The van der Waals surface area contributed by atoms with Crippen molar-refractivity contribution >= 4 is 5.91 Å². The molecule has 12 unspecified atom stereocenters. The van der Waals surface area contributed by atoms with Gasteiger partial charge in [0.2, 0.25) is 5.91 Å². The summed E-state index contributed by atoms with van der Waals surface area (Å²) in [6.07, 6.45) is 74.4. The third kappa shape index (κ3) is 52.2. The number of hydrogen-bond acceptors (Lipinski definition) is 13. The SMILES string of the molecule is CCCCCCCCCCCCCCCCCCCCCCCC/C=C/CC/C=C/C(O)C(COC1OC(CO)C(OC2OC(CO)C(O)C(O)C2O)C(O)C1O)NC(=O)CCCCCCCCCCCCCCCCCCCCCCCCCCCCCCCCCCCCCCC. The number of aliphatic hydroxyl groups excluding tert-OH is 8. The lowest BCUT2D eigenvalue weighted by Crippen LogP contribution is -2.65. The molecule has 0 radical (unpaired) electrons. The van der Waals surface area contributed by atoms with Crippen molar-refractivity contribution in [1.82, 2.24) is 5.32 Å². The van der Waals surface area contributed by atoms with Crippen molar-refractivity contribution in [3.8, 4) is 0 Å². The van der Waals surface area contributed by atoms with Crippen molar-refractivity contribution in [2.24, 2.45) is 0 Å². The minimum atomic E-state index is -1.79. The van der Waals surface area contributed by atoms with Gasteiger partial charge in [-0.25, -0.2) is 0 Å². The minimum Gasteiger partial charge on any atom is -0.394 e. The first-order valence-electron chi connectivity index (χ1n) is 43.1. The molecule has 2 rings (SSSR count). The van der Waals surface area contributed by atoms with E-state index in [1.165, 1.54) is 353 Å². The van der Waals surface area contributed by atoms with Crippen LogP contribution in [0.3, 0.4) is 0 Å². The Morgan fingerprint density at radius 3 is 0.990 bits per heavy atom. The average Bonchev–Trinajstić information content (AvgIpc) is 0.798. The minimum absolute atomic E-state index is 0.239. The number of unbranched alkanes of at least 4 members (excludes halogenated alkanes) is 59. The molecule has 0 aliphatic carbocycles. The molecule has 2 aliphatic rings. The topological polar surface area (TPSA) is 228 Å². The Labute approximate surface area is 609 Å². The molecule has 0 aromatic carbocycles. The van der Waals surface area contributed by atoms with E-state index in [1.54, 1.807) is 6.08 Å². The highest BCUT2D eigenvalue weighted by Gasteiger charge is 2.51. The van der Waals surface area contributed by atoms with Gasteiger partial charge in [0.25, 0.3) is 0 Å². The monoisotopic (exact) mass is 1410 g/mol. The first kappa shape index (κ1) is 93.6. The second kappa shape index (κ2) is 69.5. The molecule has 2 heterocycles. The predicted octanol–water partition coefficient (Wildman–Crippen LogP) is 20.2. The smallest absolute Gasteiger partial charge is 0.220 e. The van der Waals surface area contributed by atoms with Crippen molar-refractivity contribution in [3.05, 3.63) is 24.3 Å². The van der Waals surface area contributed by atoms with E-state index in [2.05, 4.69) is 31.3 Å². The van der Waals surface area contributed by atoms with Gasteiger partial charge < -0.3 is 65.1 Å². The molecule has 586 valence electrons. The second-order valence-corrected chi connectivity index (χ2v) is 30.7. The molecule has 99 heavy (non-hydrogen) atoms. The van der Waals surface area contributed by atoms with Crippen molar-refractivity contribution in [1.29, 1.82) is 0 Å². The number of nitrogens with one attached hydrogen (secondary N) is 1. The maximum absolute atomic E-state index is 13.4. The molecular weight excluding hydrogens is 1240 g/mol. The van der Waals surface area contributed by atoms with E-state index in [1.807, 2.05) is 6.08 Å². The van der Waals surface area contributed by atoms with E-state index in [4.69, 9.17) is 18.9 Å². The summed E-state index contributed by atoms with van der Waals surface area (Å²) in [6.45, 7) is 2.86. The molecule has 2 fully saturated rings. The maximum Gasteiger partial charge on any atom is 0.220 e. The largest absolute Gasteiger partial charge is 0.394 e. The Bertz CT molecular complexity index is 1760. The Morgan fingerprint density at radius 1 is 0.354 bits per heavy atom. The Kier molecular flexibility index (Phi) is 65.7. The van der Waals surface area contributed by atoms with Gasteiger partial charge in [-0.15, -0.1) is 0 Å². The summed E-state index contributed by atoms with van der Waals surface area (Å²) in [5.41, 5.74) is 0. The fourth-order valence-corrected chi connectivity index (χ4v) is 14.6. The number of carbonyl (C=O) groups is 1. The van der Waals surface area contributed by atoms with Crippen molar-refractivity contribution in [3.63, 3.8) is 0 Å². The van der Waals surface area contributed by atoms with Crippen LogP contribution in [0.25, 0.3) is 0 Å². The van der Waals surface area contributed by atoms with Crippen LogP contribution < -0.4 is 5.32 Å². The van der Waals surface area contributed by atoms with E-state index in [0.29, 0.717) is 12.8 Å². The first-order chi connectivity index (χ1) is 48.6. The molecule has 1 amide bonds. The van der Waals surface area contributed by atoms with Gasteiger partial charge in [-0.1, -0.05) is 404 Å². The van der Waals surface area contributed by atoms with Crippen LogP contribution in [0.5, 0.6) is 0 Å². The van der Waals surface area contributed by atoms with E-state index < -0.39 is 86.8 Å². The van der Waals surface area contributed by atoms with Gasteiger partial charge in [-0.2, -0.15) is 0 Å². The molecule has 12 atom stereocenters. The number of rotatable bonds is 74. The van der Waals surface area contributed by atoms with E-state index >= 15 is 0 Å². The quantitative estimate of drug-likeness (QED) is 0.0204. The van der Waals surface area contributed by atoms with Crippen molar-refractivity contribution < 1.29 is 64.6 Å². The third-order valence-corrected chi connectivity index (χ3v) is 21.4. The molecule has 2 aliphatic heterocycles. The zero-order chi connectivity index (χ0) is 71.5. The highest BCUT2D eigenvalue weighted by molar-refractivity contribution is 5.76. The first-order valence-corrected chi connectivity index (χ1v) is 43.1. The molecule has 0 aromatic heterocycles. The van der Waals surface area contributed by atoms with Crippen LogP contribution in [0.1, 0.15) is 418 Å². The zero-order valence-electron chi connectivity index (χ0n) is 64.5. The molecule has 0 saturated carbocycles. The summed E-state index contributed by atoms with van der Waals surface area (Å²) in [5.74, 6) is -0.239. The standard InChI is InChI=1S/C85H163NO13/c1-3-5-7-9-11-13-15-17-19-21-23-25-27-29-31-33-34-35-36-37-38-39-40-41-43-45-47-49-51-53-55-57-59-61-63-65-67-69-77(90)86-73(72-96-84-82(95)80(93)83(76(71-88)98-84)99-85-81(94)79(92)78(91)75(70-87)97-85)74(89)68-66-64-62-60-58-56-54-52-50-48-46-44-42-32-30-28-26-24-22-20-18-16-14-12-10-8-6-4-2/h58,60,66,68,73-76,78-85,87-89,91-95H,3-57,59,61-65,67,69-72H2,1-2H3,(H,86,90)/b60-58+,68-66+. The van der Waals surface area contributed by atoms with Gasteiger partial charge in [0.1, 0.15) is 48.8 Å². The Morgan fingerprint density at radius 2 is 0.646 bits per heavy atom. The van der Waals surface area contributed by atoms with Crippen molar-refractivity contribution in [2.75, 3.05) is 19.8 Å². The van der Waals surface area contributed by atoms with Crippen LogP contribution in [0, 0.1) is 0 Å². The molecule has 0 bridgehead atoms. The molecule has 14 nitrogen and oxygen atoms in total. The lowest BCUT2D eigenvalue weighted by molar-refractivity contribution is -0.359. The number of allylic oxidation sites excluding steroid dienone is 3. The zero-order valence-corrected chi connectivity index (χ0v) is 64.5. The Balaban J connectivity index is 1.58. The van der Waals surface area contributed by atoms with Gasteiger partial charge in [0, 0.05) is 6.42 Å². The van der Waals surface area contributed by atoms with Crippen molar-refractivity contribution in [2.45, 2.75) is 492 Å². The van der Waals surface area contributed by atoms with Crippen LogP contribution in [0.2, 0.25) is 0 Å². The van der Waals surface area contributed by atoms with Crippen LogP contribution >= 0.6 is 0 Å². The fraction of sp³-hybridized carbons (Fsp3) is 0.941. The molecule has 9 N–H and O–H groups in total. The molecule has 2 saturated heterocycles. The normalized spacial score (nSPS) is 22.0. The molecule has 0 aromatic rings. The van der Waals surface area contributed by atoms with Gasteiger partial charge in [0.05, 0.1) is 32.0 Å². The highest BCUT2D eigenvalue weighted by atomic mass is 16.7. The lowest BCUT2D eigenvalue weighted by atomic mass is 9.97. The summed E-state index contributed by atoms with van der Waals surface area (Å²) in [4.78, 5) is 13.4. The Hall–Kier alpha value is -1.53. The van der Waals surface area contributed by atoms with Crippen LogP contribution in [-0.4, -0.2) is 140 Å². The molecule has 0 spiro atoms. The fourth-order valence-electron chi connectivity index (χ4n) is 14.6. The van der Waals surface area contributed by atoms with Gasteiger partial charge >= 0.3 is 0 Å². The van der Waals surface area contributed by atoms with E-state index in [9.17, 15) is 45.6 Å². The van der Waals surface area contributed by atoms with Gasteiger partial charge in [-0.3, -0.25) is 4.79 Å². The number of hydrogen-bond donors (Lipinski definition) is 9.